The standard InChI is InChI=1S/C17H16N4O5/c22-15-14(10-13(11-18-15)21(25)26)17(24)20-8-6-19(7-9-20)16(23)12-4-2-1-3-5-12/h1-5,10-11H,6-9H2,(H,18,22). The second-order valence-corrected chi connectivity index (χ2v) is 5.81. The summed E-state index contributed by atoms with van der Waals surface area (Å²) < 4.78 is 0. The van der Waals surface area contributed by atoms with Gasteiger partial charge < -0.3 is 14.8 Å². The average Bonchev–Trinajstić information content (AvgIpc) is 2.68. The van der Waals surface area contributed by atoms with Crippen molar-refractivity contribution < 1.29 is 14.5 Å². The third-order valence-corrected chi connectivity index (χ3v) is 4.20. The number of hydrogen-bond acceptors (Lipinski definition) is 5. The molecule has 2 amide bonds. The van der Waals surface area contributed by atoms with Crippen LogP contribution in [-0.4, -0.2) is 57.7 Å². The number of hydrogen-bond donors (Lipinski definition) is 1. The van der Waals surface area contributed by atoms with Gasteiger partial charge in [0.25, 0.3) is 23.1 Å². The Balaban J connectivity index is 1.69. The van der Waals surface area contributed by atoms with Crippen LogP contribution in [0.25, 0.3) is 0 Å². The first kappa shape index (κ1) is 17.3. The molecule has 0 spiro atoms. The number of aromatic amines is 1. The van der Waals surface area contributed by atoms with Gasteiger partial charge in [0.1, 0.15) is 5.56 Å². The second kappa shape index (κ2) is 7.18. The number of nitrogens with zero attached hydrogens (tertiary/aromatic N) is 3. The minimum Gasteiger partial charge on any atom is -0.335 e. The topological polar surface area (TPSA) is 117 Å². The van der Waals surface area contributed by atoms with Crippen LogP contribution in [0.2, 0.25) is 0 Å². The molecule has 0 saturated carbocycles. The number of H-pyrrole nitrogens is 1. The molecule has 26 heavy (non-hydrogen) atoms. The summed E-state index contributed by atoms with van der Waals surface area (Å²) in [5.41, 5.74) is -0.737. The molecule has 2 heterocycles. The summed E-state index contributed by atoms with van der Waals surface area (Å²) in [6, 6.07) is 9.81. The van der Waals surface area contributed by atoms with Crippen molar-refractivity contribution in [2.24, 2.45) is 0 Å². The molecule has 1 aliphatic rings. The Labute approximate surface area is 148 Å². The SMILES string of the molecule is O=C(c1ccccc1)N1CCN(C(=O)c2cc([N+](=O)[O-])c[nH]c2=O)CC1. The smallest absolute Gasteiger partial charge is 0.286 e. The van der Waals surface area contributed by atoms with Crippen molar-refractivity contribution in [3.63, 3.8) is 0 Å². The fourth-order valence-electron chi connectivity index (χ4n) is 2.78. The highest BCUT2D eigenvalue weighted by Crippen LogP contribution is 2.13. The summed E-state index contributed by atoms with van der Waals surface area (Å²) >= 11 is 0. The second-order valence-electron chi connectivity index (χ2n) is 5.81. The Bertz CT molecular complexity index is 901. The molecule has 3 rings (SSSR count). The highest BCUT2D eigenvalue weighted by molar-refractivity contribution is 5.96. The van der Waals surface area contributed by atoms with Crippen LogP contribution in [0, 0.1) is 10.1 Å². The first-order valence-electron chi connectivity index (χ1n) is 7.98. The van der Waals surface area contributed by atoms with Crippen molar-refractivity contribution in [2.45, 2.75) is 0 Å². The molecule has 1 saturated heterocycles. The fraction of sp³-hybridized carbons (Fsp3) is 0.235. The zero-order valence-electron chi connectivity index (χ0n) is 13.8. The minimum atomic E-state index is -0.677. The van der Waals surface area contributed by atoms with Gasteiger partial charge in [-0.2, -0.15) is 0 Å². The number of amides is 2. The van der Waals surface area contributed by atoms with Crippen LogP contribution in [0.5, 0.6) is 0 Å². The molecule has 1 aliphatic heterocycles. The molecule has 2 aromatic rings. The van der Waals surface area contributed by atoms with Gasteiger partial charge in [-0.1, -0.05) is 18.2 Å². The lowest BCUT2D eigenvalue weighted by Crippen LogP contribution is -2.51. The van der Waals surface area contributed by atoms with Crippen molar-refractivity contribution in [2.75, 3.05) is 26.2 Å². The lowest BCUT2D eigenvalue weighted by Gasteiger charge is -2.34. The monoisotopic (exact) mass is 356 g/mol. The molecule has 1 aromatic heterocycles. The van der Waals surface area contributed by atoms with Crippen molar-refractivity contribution in [3.05, 3.63) is 74.2 Å². The third kappa shape index (κ3) is 3.46. The maximum Gasteiger partial charge on any atom is 0.286 e. The normalized spacial score (nSPS) is 14.2. The number of carbonyl (C=O) groups excluding carboxylic acids is 2. The average molecular weight is 356 g/mol. The molecule has 0 radical (unpaired) electrons. The fourth-order valence-corrected chi connectivity index (χ4v) is 2.78. The molecule has 0 aliphatic carbocycles. The maximum absolute atomic E-state index is 12.5. The summed E-state index contributed by atoms with van der Waals surface area (Å²) in [4.78, 5) is 52.2. The molecule has 1 fully saturated rings. The first-order chi connectivity index (χ1) is 12.5. The van der Waals surface area contributed by atoms with Crippen LogP contribution in [-0.2, 0) is 0 Å². The predicted octanol–water partition coefficient (Wildman–Crippen LogP) is 0.881. The highest BCUT2D eigenvalue weighted by atomic mass is 16.6. The van der Waals surface area contributed by atoms with Crippen LogP contribution in [0.15, 0.2) is 47.4 Å². The number of piperazine rings is 1. The van der Waals surface area contributed by atoms with E-state index in [9.17, 15) is 24.5 Å². The van der Waals surface area contributed by atoms with E-state index >= 15 is 0 Å². The van der Waals surface area contributed by atoms with E-state index in [1.165, 1.54) is 4.90 Å². The van der Waals surface area contributed by atoms with E-state index in [2.05, 4.69) is 4.98 Å². The maximum atomic E-state index is 12.5. The van der Waals surface area contributed by atoms with Crippen LogP contribution in [0.1, 0.15) is 20.7 Å². The van der Waals surface area contributed by atoms with Crippen LogP contribution in [0.4, 0.5) is 5.69 Å². The largest absolute Gasteiger partial charge is 0.335 e. The van der Waals surface area contributed by atoms with E-state index < -0.39 is 16.4 Å². The highest BCUT2D eigenvalue weighted by Gasteiger charge is 2.27. The van der Waals surface area contributed by atoms with E-state index in [1.54, 1.807) is 29.2 Å². The van der Waals surface area contributed by atoms with Crippen molar-refractivity contribution in [3.8, 4) is 0 Å². The molecule has 0 bridgehead atoms. The van der Waals surface area contributed by atoms with E-state index in [0.29, 0.717) is 18.7 Å². The zero-order valence-corrected chi connectivity index (χ0v) is 13.8. The van der Waals surface area contributed by atoms with Gasteiger partial charge in [0, 0.05) is 37.8 Å². The van der Waals surface area contributed by atoms with Crippen LogP contribution in [0.3, 0.4) is 0 Å². The van der Waals surface area contributed by atoms with E-state index in [-0.39, 0.29) is 30.2 Å². The van der Waals surface area contributed by atoms with Gasteiger partial charge in [-0.15, -0.1) is 0 Å². The van der Waals surface area contributed by atoms with Crippen molar-refractivity contribution >= 4 is 17.5 Å². The molecule has 134 valence electrons. The van der Waals surface area contributed by atoms with Crippen LogP contribution >= 0.6 is 0 Å². The molecular weight excluding hydrogens is 340 g/mol. The van der Waals surface area contributed by atoms with Gasteiger partial charge in [-0.3, -0.25) is 24.5 Å². The number of pyridine rings is 1. The summed E-state index contributed by atoms with van der Waals surface area (Å²) in [6.07, 6.45) is 0.954. The zero-order chi connectivity index (χ0) is 18.7. The number of benzene rings is 1. The molecule has 0 atom stereocenters. The van der Waals surface area contributed by atoms with E-state index in [1.807, 2.05) is 6.07 Å². The van der Waals surface area contributed by atoms with Gasteiger partial charge in [-0.25, -0.2) is 0 Å². The number of nitro groups is 1. The predicted molar refractivity (Wildman–Crippen MR) is 92.0 cm³/mol. The van der Waals surface area contributed by atoms with Crippen LogP contribution < -0.4 is 5.56 Å². The first-order valence-corrected chi connectivity index (χ1v) is 7.98. The summed E-state index contributed by atoms with van der Waals surface area (Å²) in [5, 5.41) is 10.8. The molecular formula is C17H16N4O5. The van der Waals surface area contributed by atoms with Gasteiger partial charge in [0.15, 0.2) is 0 Å². The van der Waals surface area contributed by atoms with E-state index in [0.717, 1.165) is 12.3 Å². The van der Waals surface area contributed by atoms with E-state index in [4.69, 9.17) is 0 Å². The van der Waals surface area contributed by atoms with Gasteiger partial charge in [-0.05, 0) is 12.1 Å². The molecule has 9 nitrogen and oxygen atoms in total. The lowest BCUT2D eigenvalue weighted by atomic mass is 10.1. The Hall–Kier alpha value is -3.49. The minimum absolute atomic E-state index is 0.120. The molecule has 1 aromatic carbocycles. The Morgan fingerprint density at radius 1 is 1.00 bits per heavy atom. The van der Waals surface area contributed by atoms with Crippen molar-refractivity contribution in [1.82, 2.24) is 14.8 Å². The molecule has 9 heteroatoms. The Morgan fingerprint density at radius 3 is 2.15 bits per heavy atom. The number of nitrogens with one attached hydrogen (secondary N) is 1. The summed E-state index contributed by atoms with van der Waals surface area (Å²) in [6.45, 7) is 1.15. The quantitative estimate of drug-likeness (QED) is 0.647. The number of carbonyl (C=O) groups is 2. The number of aromatic nitrogens is 1. The Kier molecular flexibility index (Phi) is 4.78. The number of rotatable bonds is 3. The molecule has 1 N–H and O–H groups in total. The van der Waals surface area contributed by atoms with Gasteiger partial charge in [0.2, 0.25) is 0 Å². The van der Waals surface area contributed by atoms with Gasteiger partial charge in [0.05, 0.1) is 11.1 Å². The lowest BCUT2D eigenvalue weighted by molar-refractivity contribution is -0.385. The van der Waals surface area contributed by atoms with Gasteiger partial charge >= 0.3 is 0 Å². The summed E-state index contributed by atoms with van der Waals surface area (Å²) in [7, 11) is 0. The third-order valence-electron chi connectivity index (χ3n) is 4.20. The van der Waals surface area contributed by atoms with Crippen molar-refractivity contribution in [1.29, 1.82) is 0 Å². The summed E-state index contributed by atoms with van der Waals surface area (Å²) in [5.74, 6) is -0.701. The Morgan fingerprint density at radius 2 is 1.58 bits per heavy atom. The molecule has 0 unspecified atom stereocenters.